The molecule has 2 N–H and O–H groups in total. The fourth-order valence-electron chi connectivity index (χ4n) is 1.91. The Hall–Kier alpha value is -3.02. The first-order valence-electron chi connectivity index (χ1n) is 7.51. The summed E-state index contributed by atoms with van der Waals surface area (Å²) in [5.41, 5.74) is 1.00. The highest BCUT2D eigenvalue weighted by Gasteiger charge is 2.06. The van der Waals surface area contributed by atoms with E-state index in [0.717, 1.165) is 5.56 Å². The second kappa shape index (κ2) is 9.19. The summed E-state index contributed by atoms with van der Waals surface area (Å²) in [6.07, 6.45) is 0. The summed E-state index contributed by atoms with van der Waals surface area (Å²) in [6.45, 7) is 0.188. The van der Waals surface area contributed by atoms with Crippen molar-refractivity contribution in [2.24, 2.45) is 0 Å². The fourth-order valence-corrected chi connectivity index (χ4v) is 1.91. The van der Waals surface area contributed by atoms with Crippen molar-refractivity contribution in [3.05, 3.63) is 60.2 Å². The van der Waals surface area contributed by atoms with E-state index in [2.05, 4.69) is 10.6 Å². The Morgan fingerprint density at radius 2 is 1.54 bits per heavy atom. The minimum absolute atomic E-state index is 0.0857. The maximum atomic E-state index is 11.7. The van der Waals surface area contributed by atoms with Gasteiger partial charge in [0.05, 0.1) is 13.7 Å². The molecule has 0 aliphatic rings. The molecule has 24 heavy (non-hydrogen) atoms. The standard InChI is InChI=1S/C18H20N2O4/c1-23-15-7-9-16(10-8-15)24-13-18(22)20-12-17(21)19-11-14-5-3-2-4-6-14/h2-10H,11-13H2,1H3,(H,19,21)(H,20,22). The van der Waals surface area contributed by atoms with Crippen LogP contribution in [0, 0.1) is 0 Å². The summed E-state index contributed by atoms with van der Waals surface area (Å²) in [4.78, 5) is 23.4. The third kappa shape index (κ3) is 6.00. The molecule has 0 heterocycles. The average Bonchev–Trinajstić information content (AvgIpc) is 2.64. The molecule has 2 rings (SSSR count). The third-order valence-electron chi connectivity index (χ3n) is 3.21. The van der Waals surface area contributed by atoms with Crippen LogP contribution < -0.4 is 20.1 Å². The molecule has 2 aromatic rings. The summed E-state index contributed by atoms with van der Waals surface area (Å²) in [6, 6.07) is 16.4. The predicted molar refractivity (Wildman–Crippen MR) is 89.8 cm³/mol. The van der Waals surface area contributed by atoms with Crippen LogP contribution in [0.3, 0.4) is 0 Å². The van der Waals surface area contributed by atoms with E-state index in [1.165, 1.54) is 0 Å². The Bertz CT molecular complexity index is 656. The van der Waals surface area contributed by atoms with E-state index in [1.807, 2.05) is 30.3 Å². The highest BCUT2D eigenvalue weighted by Crippen LogP contribution is 2.16. The topological polar surface area (TPSA) is 76.7 Å². The van der Waals surface area contributed by atoms with Gasteiger partial charge in [0.15, 0.2) is 6.61 Å². The number of benzene rings is 2. The van der Waals surface area contributed by atoms with E-state index >= 15 is 0 Å². The second-order valence-electron chi connectivity index (χ2n) is 5.00. The molecular weight excluding hydrogens is 308 g/mol. The Balaban J connectivity index is 1.64. The lowest BCUT2D eigenvalue weighted by molar-refractivity contribution is -0.127. The van der Waals surface area contributed by atoms with Crippen molar-refractivity contribution < 1.29 is 19.1 Å². The molecule has 6 nitrogen and oxygen atoms in total. The zero-order valence-corrected chi connectivity index (χ0v) is 13.5. The molecule has 126 valence electrons. The number of carbonyl (C=O) groups excluding carboxylic acids is 2. The second-order valence-corrected chi connectivity index (χ2v) is 5.00. The summed E-state index contributed by atoms with van der Waals surface area (Å²) in [5.74, 6) is 0.652. The van der Waals surface area contributed by atoms with E-state index in [9.17, 15) is 9.59 Å². The van der Waals surface area contributed by atoms with Crippen molar-refractivity contribution in [3.63, 3.8) is 0 Å². The molecule has 0 spiro atoms. The first kappa shape index (κ1) is 17.3. The van der Waals surface area contributed by atoms with Crippen molar-refractivity contribution in [1.82, 2.24) is 10.6 Å². The van der Waals surface area contributed by atoms with Crippen LogP contribution in [-0.2, 0) is 16.1 Å². The number of methoxy groups -OCH3 is 1. The Labute approximate surface area is 140 Å². The van der Waals surface area contributed by atoms with Crippen LogP contribution in [-0.4, -0.2) is 32.1 Å². The van der Waals surface area contributed by atoms with E-state index in [-0.39, 0.29) is 25.0 Å². The third-order valence-corrected chi connectivity index (χ3v) is 3.21. The maximum absolute atomic E-state index is 11.7. The minimum Gasteiger partial charge on any atom is -0.497 e. The van der Waals surface area contributed by atoms with Crippen LogP contribution in [0.4, 0.5) is 0 Å². The Kier molecular flexibility index (Phi) is 6.64. The first-order valence-corrected chi connectivity index (χ1v) is 7.51. The number of ether oxygens (including phenoxy) is 2. The normalized spacial score (nSPS) is 9.88. The van der Waals surface area contributed by atoms with Crippen molar-refractivity contribution in [2.75, 3.05) is 20.3 Å². The van der Waals surface area contributed by atoms with Gasteiger partial charge >= 0.3 is 0 Å². The Morgan fingerprint density at radius 1 is 0.875 bits per heavy atom. The van der Waals surface area contributed by atoms with Gasteiger partial charge in [0.25, 0.3) is 5.91 Å². The van der Waals surface area contributed by atoms with Crippen molar-refractivity contribution in [2.45, 2.75) is 6.54 Å². The van der Waals surface area contributed by atoms with Crippen LogP contribution in [0.25, 0.3) is 0 Å². The van der Waals surface area contributed by atoms with Crippen molar-refractivity contribution >= 4 is 11.8 Å². The number of carbonyl (C=O) groups is 2. The van der Waals surface area contributed by atoms with E-state index in [4.69, 9.17) is 9.47 Å². The molecular formula is C18H20N2O4. The average molecular weight is 328 g/mol. The lowest BCUT2D eigenvalue weighted by Gasteiger charge is -2.09. The summed E-state index contributed by atoms with van der Waals surface area (Å²) in [7, 11) is 1.58. The highest BCUT2D eigenvalue weighted by molar-refractivity contribution is 5.85. The van der Waals surface area contributed by atoms with E-state index in [0.29, 0.717) is 18.0 Å². The van der Waals surface area contributed by atoms with E-state index < -0.39 is 0 Å². The van der Waals surface area contributed by atoms with Crippen LogP contribution in [0.5, 0.6) is 11.5 Å². The van der Waals surface area contributed by atoms with Crippen molar-refractivity contribution in [1.29, 1.82) is 0 Å². The smallest absolute Gasteiger partial charge is 0.258 e. The number of amides is 2. The fraction of sp³-hybridized carbons (Fsp3) is 0.222. The monoisotopic (exact) mass is 328 g/mol. The van der Waals surface area contributed by atoms with Gasteiger partial charge in [0.2, 0.25) is 5.91 Å². The first-order chi connectivity index (χ1) is 11.7. The molecule has 0 aliphatic carbocycles. The predicted octanol–water partition coefficient (Wildman–Crippen LogP) is 1.51. The molecule has 2 amide bonds. The molecule has 0 fully saturated rings. The molecule has 0 bridgehead atoms. The highest BCUT2D eigenvalue weighted by atomic mass is 16.5. The summed E-state index contributed by atoms with van der Waals surface area (Å²) >= 11 is 0. The van der Waals surface area contributed by atoms with Gasteiger partial charge in [-0.1, -0.05) is 30.3 Å². The van der Waals surface area contributed by atoms with Gasteiger partial charge in [-0.2, -0.15) is 0 Å². The van der Waals surface area contributed by atoms with Gasteiger partial charge in [-0.15, -0.1) is 0 Å². The number of hydrogen-bond donors (Lipinski definition) is 2. The van der Waals surface area contributed by atoms with Gasteiger partial charge in [0, 0.05) is 6.54 Å². The zero-order valence-electron chi connectivity index (χ0n) is 13.5. The minimum atomic E-state index is -0.360. The number of nitrogens with one attached hydrogen (secondary N) is 2. The van der Waals surface area contributed by atoms with E-state index in [1.54, 1.807) is 31.4 Å². The zero-order chi connectivity index (χ0) is 17.2. The maximum Gasteiger partial charge on any atom is 0.258 e. The summed E-state index contributed by atoms with van der Waals surface area (Å²) < 4.78 is 10.4. The van der Waals surface area contributed by atoms with Gasteiger partial charge in [-0.3, -0.25) is 9.59 Å². The SMILES string of the molecule is COc1ccc(OCC(=O)NCC(=O)NCc2ccccc2)cc1. The molecule has 6 heteroatoms. The molecule has 0 unspecified atom stereocenters. The Morgan fingerprint density at radius 3 is 2.21 bits per heavy atom. The quantitative estimate of drug-likeness (QED) is 0.770. The molecule has 0 saturated carbocycles. The van der Waals surface area contributed by atoms with Crippen molar-refractivity contribution in [3.8, 4) is 11.5 Å². The molecule has 2 aromatic carbocycles. The van der Waals surface area contributed by atoms with Crippen LogP contribution in [0.2, 0.25) is 0 Å². The summed E-state index contributed by atoms with van der Waals surface area (Å²) in [5, 5.41) is 5.24. The molecule has 0 saturated heterocycles. The van der Waals surface area contributed by atoms with Crippen LogP contribution in [0.1, 0.15) is 5.56 Å². The largest absolute Gasteiger partial charge is 0.497 e. The number of rotatable bonds is 8. The van der Waals surface area contributed by atoms with Gasteiger partial charge < -0.3 is 20.1 Å². The molecule has 0 aromatic heterocycles. The van der Waals surface area contributed by atoms with Crippen LogP contribution in [0.15, 0.2) is 54.6 Å². The lowest BCUT2D eigenvalue weighted by Crippen LogP contribution is -2.38. The number of hydrogen-bond acceptors (Lipinski definition) is 4. The van der Waals surface area contributed by atoms with Gasteiger partial charge in [0.1, 0.15) is 11.5 Å². The van der Waals surface area contributed by atoms with Gasteiger partial charge in [-0.05, 0) is 29.8 Å². The molecule has 0 atom stereocenters. The van der Waals surface area contributed by atoms with Gasteiger partial charge in [-0.25, -0.2) is 0 Å². The van der Waals surface area contributed by atoms with Crippen LogP contribution >= 0.6 is 0 Å². The molecule has 0 aliphatic heterocycles. The lowest BCUT2D eigenvalue weighted by atomic mass is 10.2. The molecule has 0 radical (unpaired) electrons.